The first-order chi connectivity index (χ1) is 24.3. The van der Waals surface area contributed by atoms with Crippen LogP contribution in [0.1, 0.15) is 85.6 Å². The number of nitrogens with two attached hydrogens (primary N) is 1. The van der Waals surface area contributed by atoms with Gasteiger partial charge in [-0.1, -0.05) is 5.16 Å². The number of carbonyl (C=O) groups excluding carboxylic acids is 1. The van der Waals surface area contributed by atoms with Crippen LogP contribution in [0.2, 0.25) is 0 Å². The van der Waals surface area contributed by atoms with E-state index in [2.05, 4.69) is 45.8 Å². The van der Waals surface area contributed by atoms with E-state index < -0.39 is 5.41 Å². The summed E-state index contributed by atoms with van der Waals surface area (Å²) in [4.78, 5) is 25.9. The Morgan fingerprint density at radius 1 is 1.24 bits per heavy atom. The maximum absolute atomic E-state index is 12.6. The molecule has 4 N–H and O–H groups in total. The Balaban J connectivity index is 1.14. The molecule has 4 atom stereocenters. The number of likely N-dealkylation sites (tertiary alicyclic amines) is 1. The number of aromatic nitrogens is 5. The molecule has 14 nitrogen and oxygen atoms in total. The van der Waals surface area contributed by atoms with Crippen molar-refractivity contribution in [2.75, 3.05) is 37.8 Å². The third kappa shape index (κ3) is 5.88. The van der Waals surface area contributed by atoms with E-state index in [-0.39, 0.29) is 24.3 Å². The van der Waals surface area contributed by atoms with Gasteiger partial charge in [0.05, 0.1) is 17.1 Å². The molecular formula is C35H42N10O4S. The number of nitrogens with zero attached hydrogens (tertiary/aromatic N) is 7. The molecule has 2 aliphatic carbocycles. The van der Waals surface area contributed by atoms with Crippen LogP contribution >= 0.6 is 11.3 Å². The van der Waals surface area contributed by atoms with Gasteiger partial charge >= 0.3 is 6.03 Å². The van der Waals surface area contributed by atoms with Crippen LogP contribution < -0.4 is 21.1 Å². The van der Waals surface area contributed by atoms with Crippen molar-refractivity contribution in [3.8, 4) is 29.3 Å². The number of thiophene rings is 1. The highest BCUT2D eigenvalue weighted by Gasteiger charge is 2.49. The Hall–Kier alpha value is -4.52. The van der Waals surface area contributed by atoms with Crippen molar-refractivity contribution in [3.05, 3.63) is 45.7 Å². The normalized spacial score (nSPS) is 23.7. The van der Waals surface area contributed by atoms with Crippen molar-refractivity contribution in [1.29, 1.82) is 5.26 Å². The molecule has 1 unspecified atom stereocenters. The van der Waals surface area contributed by atoms with Crippen LogP contribution in [0, 0.1) is 11.3 Å². The van der Waals surface area contributed by atoms with Crippen LogP contribution in [0.25, 0.3) is 17.3 Å². The third-order valence-corrected chi connectivity index (χ3v) is 11.8. The fraction of sp³-hybridized carbons (Fsp3) is 0.543. The van der Waals surface area contributed by atoms with E-state index >= 15 is 0 Å². The number of aryl methyl sites for hydroxylation is 1. The first-order valence-corrected chi connectivity index (χ1v) is 18.4. The van der Waals surface area contributed by atoms with Gasteiger partial charge in [0.1, 0.15) is 17.2 Å². The predicted molar refractivity (Wildman–Crippen MR) is 186 cm³/mol. The Labute approximate surface area is 294 Å². The van der Waals surface area contributed by atoms with Crippen molar-refractivity contribution in [2.45, 2.75) is 94.8 Å². The maximum atomic E-state index is 12.6. The standard InChI is InChI=1S/C35H42N10O4S/c1-20(24-9-5-14-44(24)2)48-28-17-27(45-15-11-26(42-45)39-34(46)38-19-21-7-6-16-47-21)40-33(41-28)30-22-8-3-12-35(31(22)49-43-30)13-4-10-25-29(35)23(18-36)32(37)50-25/h11,15,17,20-21,24H,3-10,12-14,16,19,37H2,1-2H3,(H2,38,39,42,46)/t20-,21+,24-,35?/m0/s1. The highest BCUT2D eigenvalue weighted by atomic mass is 32.1. The largest absolute Gasteiger partial charge is 0.473 e. The van der Waals surface area contributed by atoms with Crippen molar-refractivity contribution in [3.63, 3.8) is 0 Å². The lowest BCUT2D eigenvalue weighted by Gasteiger charge is -2.39. The first-order valence-electron chi connectivity index (χ1n) is 17.6. The number of hydrogen-bond acceptors (Lipinski definition) is 12. The Morgan fingerprint density at radius 2 is 2.10 bits per heavy atom. The van der Waals surface area contributed by atoms with Gasteiger partial charge in [-0.2, -0.15) is 10.2 Å². The van der Waals surface area contributed by atoms with Crippen LogP contribution in [-0.4, -0.2) is 80.8 Å². The Kier molecular flexibility index (Phi) is 8.70. The maximum Gasteiger partial charge on any atom is 0.320 e. The van der Waals surface area contributed by atoms with Crippen LogP contribution in [-0.2, 0) is 23.0 Å². The zero-order valence-electron chi connectivity index (χ0n) is 28.4. The fourth-order valence-electron chi connectivity index (χ4n) is 8.40. The molecule has 0 saturated carbocycles. The van der Waals surface area contributed by atoms with Crippen molar-refractivity contribution in [1.82, 2.24) is 35.1 Å². The minimum Gasteiger partial charge on any atom is -0.473 e. The molecule has 2 fully saturated rings. The molecule has 15 heteroatoms. The molecule has 4 aromatic heterocycles. The second-order valence-corrected chi connectivity index (χ2v) is 15.0. The zero-order valence-corrected chi connectivity index (χ0v) is 29.2. The number of nitriles is 1. The second-order valence-electron chi connectivity index (χ2n) is 13.9. The summed E-state index contributed by atoms with van der Waals surface area (Å²) in [5.74, 6) is 2.38. The van der Waals surface area contributed by atoms with E-state index in [1.165, 1.54) is 16.2 Å². The molecule has 262 valence electrons. The van der Waals surface area contributed by atoms with Crippen LogP contribution in [0.3, 0.4) is 0 Å². The summed E-state index contributed by atoms with van der Waals surface area (Å²) in [5.41, 5.74) is 9.00. The van der Waals surface area contributed by atoms with Gasteiger partial charge < -0.3 is 25.0 Å². The zero-order chi connectivity index (χ0) is 34.4. The quantitative estimate of drug-likeness (QED) is 0.226. The number of anilines is 2. The Bertz CT molecular complexity index is 1940. The number of urea groups is 1. The highest BCUT2D eigenvalue weighted by molar-refractivity contribution is 7.16. The molecule has 50 heavy (non-hydrogen) atoms. The SMILES string of the molecule is C[C@H](Oc1cc(-n2ccc(NC(=O)NC[C@H]3CCCO3)n2)nc(-c2noc3c2CCCC32CCCc3sc(N)c(C#N)c32)n1)[C@@H]1CCCN1C. The molecule has 0 radical (unpaired) electrons. The number of amides is 2. The number of ether oxygens (including phenoxy) is 2. The lowest BCUT2D eigenvalue weighted by Crippen LogP contribution is -2.38. The summed E-state index contributed by atoms with van der Waals surface area (Å²) in [6.07, 6.45) is 11.0. The van der Waals surface area contributed by atoms with Gasteiger partial charge in [0.2, 0.25) is 5.88 Å². The summed E-state index contributed by atoms with van der Waals surface area (Å²) >= 11 is 1.52. The Morgan fingerprint density at radius 3 is 2.88 bits per heavy atom. The molecule has 2 aliphatic heterocycles. The number of hydrogen-bond donors (Lipinski definition) is 3. The molecule has 4 aliphatic rings. The average Bonchev–Trinajstić information content (AvgIpc) is 3.95. The van der Waals surface area contributed by atoms with Crippen LogP contribution in [0.15, 0.2) is 22.9 Å². The molecule has 8 rings (SSSR count). The second kappa shape index (κ2) is 13.3. The number of nitrogen functional groups attached to an aromatic ring is 1. The van der Waals surface area contributed by atoms with Crippen molar-refractivity contribution in [2.24, 2.45) is 0 Å². The highest BCUT2D eigenvalue weighted by Crippen LogP contribution is 2.55. The van der Waals surface area contributed by atoms with E-state index in [1.54, 1.807) is 23.0 Å². The summed E-state index contributed by atoms with van der Waals surface area (Å²) in [6, 6.07) is 5.77. The molecule has 6 heterocycles. The van der Waals surface area contributed by atoms with Crippen LogP contribution in [0.5, 0.6) is 5.88 Å². The summed E-state index contributed by atoms with van der Waals surface area (Å²) in [5, 5.41) is 25.6. The van der Waals surface area contributed by atoms with Gasteiger partial charge in [-0.25, -0.2) is 14.5 Å². The number of rotatable bonds is 8. The fourth-order valence-corrected chi connectivity index (χ4v) is 9.56. The minimum atomic E-state index is -0.461. The number of nitrogens with one attached hydrogen (secondary N) is 2. The third-order valence-electron chi connectivity index (χ3n) is 10.8. The molecular weight excluding hydrogens is 657 g/mol. The summed E-state index contributed by atoms with van der Waals surface area (Å²) < 4.78 is 20.0. The molecule has 1 spiro atoms. The topological polar surface area (TPSA) is 182 Å². The number of fused-ring (bicyclic) bond motifs is 4. The lowest BCUT2D eigenvalue weighted by molar-refractivity contribution is 0.112. The summed E-state index contributed by atoms with van der Waals surface area (Å²) in [6.45, 7) is 4.27. The summed E-state index contributed by atoms with van der Waals surface area (Å²) in [7, 11) is 2.12. The number of carbonyl (C=O) groups is 1. The van der Waals surface area contributed by atoms with Gasteiger partial charge in [0, 0.05) is 48.0 Å². The first kappa shape index (κ1) is 32.7. The van der Waals surface area contributed by atoms with Gasteiger partial charge in [0.25, 0.3) is 0 Å². The average molecular weight is 699 g/mol. The monoisotopic (exact) mass is 698 g/mol. The van der Waals surface area contributed by atoms with Crippen molar-refractivity contribution < 1.29 is 18.8 Å². The predicted octanol–water partition coefficient (Wildman–Crippen LogP) is 4.95. The van der Waals surface area contributed by atoms with Gasteiger partial charge in [-0.05, 0) is 90.3 Å². The molecule has 2 saturated heterocycles. The number of likely N-dealkylation sites (N-methyl/N-ethyl adjacent to an activating group) is 1. The molecule has 2 amide bonds. The van der Waals surface area contributed by atoms with E-state index in [0.29, 0.717) is 46.1 Å². The van der Waals surface area contributed by atoms with E-state index in [1.807, 2.05) is 0 Å². The molecule has 0 bridgehead atoms. The van der Waals surface area contributed by atoms with Gasteiger partial charge in [0.15, 0.2) is 28.9 Å². The van der Waals surface area contributed by atoms with Gasteiger partial charge in [-0.15, -0.1) is 16.4 Å². The van der Waals surface area contributed by atoms with Crippen LogP contribution in [0.4, 0.5) is 15.6 Å². The van der Waals surface area contributed by atoms with E-state index in [9.17, 15) is 10.1 Å². The van der Waals surface area contributed by atoms with Gasteiger partial charge in [-0.3, -0.25) is 10.2 Å². The van der Waals surface area contributed by atoms with E-state index in [0.717, 1.165) is 94.2 Å². The smallest absolute Gasteiger partial charge is 0.320 e. The van der Waals surface area contributed by atoms with E-state index in [4.69, 9.17) is 29.7 Å². The molecule has 4 aromatic rings. The minimum absolute atomic E-state index is 0.0386. The lowest BCUT2D eigenvalue weighted by atomic mass is 9.63. The molecule has 0 aromatic carbocycles. The van der Waals surface area contributed by atoms with Crippen molar-refractivity contribution >= 4 is 28.2 Å².